The van der Waals surface area contributed by atoms with E-state index >= 15 is 0 Å². The molecular weight excluding hydrogens is 386 g/mol. The maximum atomic E-state index is 10.1. The van der Waals surface area contributed by atoms with E-state index in [2.05, 4.69) is 39.3 Å². The lowest BCUT2D eigenvalue weighted by molar-refractivity contribution is -0.0432. The topological polar surface area (TPSA) is 115 Å². The Hall–Kier alpha value is -2.75. The predicted molar refractivity (Wildman–Crippen MR) is 112 cm³/mol. The summed E-state index contributed by atoms with van der Waals surface area (Å²) in [6.45, 7) is 1.94. The molecule has 9 heteroatoms. The summed E-state index contributed by atoms with van der Waals surface area (Å²) in [4.78, 5) is 13.4. The second-order valence-corrected chi connectivity index (χ2v) is 7.42. The molecule has 0 unspecified atom stereocenters. The zero-order valence-electron chi connectivity index (χ0n) is 17.2. The van der Waals surface area contributed by atoms with Crippen LogP contribution in [0.1, 0.15) is 38.0 Å². The van der Waals surface area contributed by atoms with Gasteiger partial charge in [-0.2, -0.15) is 9.97 Å². The summed E-state index contributed by atoms with van der Waals surface area (Å²) in [5.41, 5.74) is 3.20. The number of aliphatic hydroxyl groups is 2. The normalized spacial score (nSPS) is 21.3. The van der Waals surface area contributed by atoms with Crippen LogP contribution in [0.2, 0.25) is 0 Å². The van der Waals surface area contributed by atoms with Crippen LogP contribution in [0.3, 0.4) is 0 Å². The van der Waals surface area contributed by atoms with Crippen LogP contribution in [0.4, 0.5) is 11.6 Å². The average molecular weight is 413 g/mol. The highest BCUT2D eigenvalue weighted by Crippen LogP contribution is 2.33. The van der Waals surface area contributed by atoms with E-state index in [4.69, 9.17) is 9.47 Å². The molecule has 1 saturated heterocycles. The molecule has 0 amide bonds. The van der Waals surface area contributed by atoms with Crippen LogP contribution in [-0.4, -0.2) is 55.7 Å². The first-order valence-corrected chi connectivity index (χ1v) is 10.2. The Labute approximate surface area is 174 Å². The van der Waals surface area contributed by atoms with E-state index in [9.17, 15) is 10.2 Å². The van der Waals surface area contributed by atoms with Crippen LogP contribution in [0, 0.1) is 0 Å². The van der Waals surface area contributed by atoms with Gasteiger partial charge in [0, 0.05) is 12.1 Å². The highest BCUT2D eigenvalue weighted by atomic mass is 16.5. The van der Waals surface area contributed by atoms with Gasteiger partial charge in [0.25, 0.3) is 0 Å². The third-order valence-corrected chi connectivity index (χ3v) is 5.31. The fourth-order valence-electron chi connectivity index (χ4n) is 3.61. The molecule has 9 nitrogen and oxygen atoms in total. The molecule has 3 atom stereocenters. The highest BCUT2D eigenvalue weighted by Gasteiger charge is 2.35. The Morgan fingerprint density at radius 3 is 2.73 bits per heavy atom. The molecule has 1 aromatic carbocycles. The van der Waals surface area contributed by atoms with E-state index in [0.29, 0.717) is 29.4 Å². The summed E-state index contributed by atoms with van der Waals surface area (Å²) in [5, 5.41) is 22.6. The number of nitrogens with one attached hydrogen (secondary N) is 1. The SMILES string of the molecule is CCCCc1ccc(Nc2nc(OC)c3ncn([C@@H]4C[C@@H](O)[C@H](CO)O4)c3n2)cc1. The van der Waals surface area contributed by atoms with Gasteiger partial charge in [0.05, 0.1) is 26.1 Å². The number of aromatic nitrogens is 4. The van der Waals surface area contributed by atoms with Crippen molar-refractivity contribution in [1.29, 1.82) is 0 Å². The smallest absolute Gasteiger partial charge is 0.246 e. The van der Waals surface area contributed by atoms with Gasteiger partial charge in [-0.1, -0.05) is 25.5 Å². The van der Waals surface area contributed by atoms with Gasteiger partial charge in [-0.25, -0.2) is 4.98 Å². The quantitative estimate of drug-likeness (QED) is 0.516. The summed E-state index contributed by atoms with van der Waals surface area (Å²) in [6.07, 6.45) is 3.48. The summed E-state index contributed by atoms with van der Waals surface area (Å²) in [7, 11) is 1.53. The fourth-order valence-corrected chi connectivity index (χ4v) is 3.61. The van der Waals surface area contributed by atoms with Crippen molar-refractivity contribution in [3.05, 3.63) is 36.2 Å². The number of fused-ring (bicyclic) bond motifs is 1. The van der Waals surface area contributed by atoms with Crippen LogP contribution in [0.15, 0.2) is 30.6 Å². The molecule has 3 N–H and O–H groups in total. The lowest BCUT2D eigenvalue weighted by atomic mass is 10.1. The first kappa shape index (κ1) is 20.5. The molecule has 2 aromatic heterocycles. The number of ether oxygens (including phenoxy) is 2. The molecule has 1 aliphatic rings. The van der Waals surface area contributed by atoms with E-state index in [-0.39, 0.29) is 6.61 Å². The van der Waals surface area contributed by atoms with E-state index in [0.717, 1.165) is 12.1 Å². The molecule has 1 fully saturated rings. The lowest BCUT2D eigenvalue weighted by Gasteiger charge is -2.14. The lowest BCUT2D eigenvalue weighted by Crippen LogP contribution is -2.24. The van der Waals surface area contributed by atoms with Gasteiger partial charge in [0.2, 0.25) is 11.8 Å². The van der Waals surface area contributed by atoms with Gasteiger partial charge >= 0.3 is 0 Å². The summed E-state index contributed by atoms with van der Waals surface area (Å²) >= 11 is 0. The second-order valence-electron chi connectivity index (χ2n) is 7.42. The minimum atomic E-state index is -0.745. The molecule has 0 aliphatic carbocycles. The number of aryl methyl sites for hydroxylation is 1. The van der Waals surface area contributed by atoms with Crippen molar-refractivity contribution in [3.8, 4) is 5.88 Å². The largest absolute Gasteiger partial charge is 0.479 e. The number of imidazole rings is 1. The predicted octanol–water partition coefficient (Wildman–Crippen LogP) is 2.56. The Bertz CT molecular complexity index is 991. The zero-order valence-corrected chi connectivity index (χ0v) is 17.2. The second kappa shape index (κ2) is 8.95. The Balaban J connectivity index is 1.61. The molecule has 1 aliphatic heterocycles. The van der Waals surface area contributed by atoms with Crippen molar-refractivity contribution in [1.82, 2.24) is 19.5 Å². The van der Waals surface area contributed by atoms with Crippen molar-refractivity contribution in [2.45, 2.75) is 51.0 Å². The van der Waals surface area contributed by atoms with Crippen LogP contribution in [-0.2, 0) is 11.2 Å². The van der Waals surface area contributed by atoms with Gasteiger partial charge in [-0.3, -0.25) is 4.57 Å². The first-order valence-electron chi connectivity index (χ1n) is 10.2. The molecule has 0 bridgehead atoms. The minimum absolute atomic E-state index is 0.246. The maximum absolute atomic E-state index is 10.1. The van der Waals surface area contributed by atoms with Gasteiger partial charge in [-0.05, 0) is 30.5 Å². The van der Waals surface area contributed by atoms with Crippen molar-refractivity contribution in [2.75, 3.05) is 19.0 Å². The van der Waals surface area contributed by atoms with Gasteiger partial charge in [0.15, 0.2) is 11.2 Å². The van der Waals surface area contributed by atoms with E-state index in [1.54, 1.807) is 10.9 Å². The third kappa shape index (κ3) is 4.09. The monoisotopic (exact) mass is 413 g/mol. The number of methoxy groups -OCH3 is 1. The first-order chi connectivity index (χ1) is 14.6. The Morgan fingerprint density at radius 2 is 2.07 bits per heavy atom. The molecule has 160 valence electrons. The Kier molecular flexibility index (Phi) is 6.12. The van der Waals surface area contributed by atoms with Crippen molar-refractivity contribution in [3.63, 3.8) is 0 Å². The molecule has 3 aromatic rings. The van der Waals surface area contributed by atoms with E-state index in [1.165, 1.54) is 25.5 Å². The molecule has 0 saturated carbocycles. The number of hydrogen-bond acceptors (Lipinski definition) is 8. The number of unbranched alkanes of at least 4 members (excludes halogenated alkanes) is 1. The van der Waals surface area contributed by atoms with Gasteiger partial charge in [-0.15, -0.1) is 0 Å². The Morgan fingerprint density at radius 1 is 1.27 bits per heavy atom. The number of rotatable bonds is 8. The number of hydrogen-bond donors (Lipinski definition) is 3. The number of nitrogens with zero attached hydrogens (tertiary/aromatic N) is 4. The zero-order chi connectivity index (χ0) is 21.1. The average Bonchev–Trinajstić information content (AvgIpc) is 3.35. The van der Waals surface area contributed by atoms with Gasteiger partial charge in [0.1, 0.15) is 12.3 Å². The molecule has 0 radical (unpaired) electrons. The maximum Gasteiger partial charge on any atom is 0.246 e. The summed E-state index contributed by atoms with van der Waals surface area (Å²) in [6, 6.07) is 8.21. The number of aliphatic hydroxyl groups excluding tert-OH is 2. The van der Waals surface area contributed by atoms with Crippen LogP contribution >= 0.6 is 0 Å². The molecule has 0 spiro atoms. The molecule has 3 heterocycles. The molecular formula is C21H27N5O4. The third-order valence-electron chi connectivity index (χ3n) is 5.31. The standard InChI is InChI=1S/C21H27N5O4/c1-3-4-5-13-6-8-14(9-7-13)23-21-24-19-18(20(25-21)29-2)22-12-26(19)17-10-15(28)16(11-27)30-17/h6-9,12,15-17,27-28H,3-5,10-11H2,1-2H3,(H,23,24,25)/t15-,16+,17+/m1/s1. The van der Waals surface area contributed by atoms with Crippen LogP contribution in [0.5, 0.6) is 5.88 Å². The van der Waals surface area contributed by atoms with Crippen LogP contribution in [0.25, 0.3) is 11.2 Å². The molecule has 30 heavy (non-hydrogen) atoms. The van der Waals surface area contributed by atoms with Crippen molar-refractivity contribution in [2.24, 2.45) is 0 Å². The van der Waals surface area contributed by atoms with Crippen molar-refractivity contribution < 1.29 is 19.7 Å². The van der Waals surface area contributed by atoms with Crippen molar-refractivity contribution >= 4 is 22.8 Å². The number of anilines is 2. The molecule has 4 rings (SSSR count). The van der Waals surface area contributed by atoms with E-state index < -0.39 is 18.4 Å². The summed E-state index contributed by atoms with van der Waals surface area (Å²) in [5.74, 6) is 0.720. The van der Waals surface area contributed by atoms with Gasteiger partial charge < -0.3 is 25.0 Å². The number of benzene rings is 1. The van der Waals surface area contributed by atoms with E-state index in [1.807, 2.05) is 12.1 Å². The summed E-state index contributed by atoms with van der Waals surface area (Å²) < 4.78 is 12.9. The minimum Gasteiger partial charge on any atom is -0.479 e. The van der Waals surface area contributed by atoms with Crippen LogP contribution < -0.4 is 10.1 Å². The fraction of sp³-hybridized carbons (Fsp3) is 0.476. The highest BCUT2D eigenvalue weighted by molar-refractivity contribution is 5.78.